The molecule has 3 aromatic carbocycles. The Balaban J connectivity index is 1.26. The van der Waals surface area contributed by atoms with Crippen molar-refractivity contribution in [2.75, 3.05) is 26.9 Å². The maximum absolute atomic E-state index is 12.8. The van der Waals surface area contributed by atoms with E-state index in [9.17, 15) is 24.5 Å². The molecule has 0 fully saturated rings. The highest BCUT2D eigenvalue weighted by Crippen LogP contribution is 2.44. The normalized spacial score (nSPS) is 12.8. The molecule has 3 aromatic rings. The molecular weight excluding hydrogens is 622 g/mol. The third kappa shape index (κ3) is 8.80. The number of rotatable bonds is 17. The molecule has 14 nitrogen and oxygen atoms in total. The first-order valence-electron chi connectivity index (χ1n) is 15.5. The molecular formula is C34H37N5O9. The molecule has 0 radical (unpaired) electrons. The van der Waals surface area contributed by atoms with Gasteiger partial charge in [0.2, 0.25) is 5.91 Å². The molecule has 1 aliphatic carbocycles. The molecule has 0 bridgehead atoms. The van der Waals surface area contributed by atoms with Gasteiger partial charge in [-0.2, -0.15) is 0 Å². The summed E-state index contributed by atoms with van der Waals surface area (Å²) in [7, 11) is 1.36. The number of ether oxygens (including phenoxy) is 4. The average molecular weight is 660 g/mol. The maximum Gasteiger partial charge on any atom is 0.328 e. The van der Waals surface area contributed by atoms with E-state index in [1.54, 1.807) is 6.92 Å². The van der Waals surface area contributed by atoms with Gasteiger partial charge in [-0.15, -0.1) is 0 Å². The number of nitro groups is 1. The highest BCUT2D eigenvalue weighted by atomic mass is 16.6. The fourth-order valence-corrected chi connectivity index (χ4v) is 5.50. The summed E-state index contributed by atoms with van der Waals surface area (Å²) >= 11 is 0. The van der Waals surface area contributed by atoms with Crippen LogP contribution in [0.15, 0.2) is 65.8 Å². The van der Waals surface area contributed by atoms with Crippen molar-refractivity contribution in [2.24, 2.45) is 5.11 Å². The van der Waals surface area contributed by atoms with Gasteiger partial charge in [0.05, 0.1) is 30.3 Å². The highest BCUT2D eigenvalue weighted by Gasteiger charge is 2.30. The number of fused-ring (bicyclic) bond motifs is 3. The Labute approximate surface area is 277 Å². The van der Waals surface area contributed by atoms with Crippen molar-refractivity contribution in [3.63, 3.8) is 0 Å². The molecule has 0 aromatic heterocycles. The fourth-order valence-electron chi connectivity index (χ4n) is 5.50. The summed E-state index contributed by atoms with van der Waals surface area (Å²) in [6.45, 7) is 3.35. The van der Waals surface area contributed by atoms with Crippen LogP contribution in [0.1, 0.15) is 68.2 Å². The Kier molecular flexibility index (Phi) is 12.3. The molecule has 2 unspecified atom stereocenters. The molecule has 48 heavy (non-hydrogen) atoms. The van der Waals surface area contributed by atoms with Gasteiger partial charge in [-0.3, -0.25) is 19.7 Å². The van der Waals surface area contributed by atoms with E-state index < -0.39 is 29.0 Å². The van der Waals surface area contributed by atoms with E-state index in [0.717, 1.165) is 22.3 Å². The van der Waals surface area contributed by atoms with Gasteiger partial charge in [-0.1, -0.05) is 53.6 Å². The lowest BCUT2D eigenvalue weighted by Crippen LogP contribution is -2.40. The molecule has 2 atom stereocenters. The van der Waals surface area contributed by atoms with Crippen LogP contribution in [0.2, 0.25) is 0 Å². The number of nitrogens with zero attached hydrogens (tertiary/aromatic N) is 4. The summed E-state index contributed by atoms with van der Waals surface area (Å²) in [5.41, 5.74) is 12.5. The Bertz CT molecular complexity index is 1660. The quantitative estimate of drug-likeness (QED) is 0.0328. The summed E-state index contributed by atoms with van der Waals surface area (Å²) in [5.74, 6) is -1.38. The summed E-state index contributed by atoms with van der Waals surface area (Å²) in [5, 5.41) is 17.8. The molecule has 0 heterocycles. The van der Waals surface area contributed by atoms with Crippen molar-refractivity contribution in [1.29, 1.82) is 0 Å². The number of nitrogens with one attached hydrogen (secondary N) is 1. The van der Waals surface area contributed by atoms with E-state index in [4.69, 9.17) is 24.5 Å². The molecule has 0 aliphatic heterocycles. The first kappa shape index (κ1) is 35.2. The van der Waals surface area contributed by atoms with E-state index >= 15 is 0 Å². The van der Waals surface area contributed by atoms with Gasteiger partial charge in [-0.25, -0.2) is 4.79 Å². The topological polar surface area (TPSA) is 192 Å². The Morgan fingerprint density at radius 3 is 2.29 bits per heavy atom. The first-order chi connectivity index (χ1) is 23.1. The SMILES string of the molecule is COc1cc(C(C)OC(=O)CCCN=[N+]=[N-])c([N+](=O)[O-])cc1OCCCC(=O)NC(C)C(=O)OCC1c2ccccc2-c2ccccc21. The number of methoxy groups -OCH3 is 1. The minimum absolute atomic E-state index is 0.0203. The molecule has 1 N–H and O–H groups in total. The van der Waals surface area contributed by atoms with Crippen molar-refractivity contribution < 1.29 is 38.3 Å². The minimum atomic E-state index is -0.970. The standard InChI is InChI=1S/C34H37N5O9/c1-21(34(42)47-20-28-25-12-6-4-10-23(25)24-11-5-7-13-26(24)28)37-32(40)14-9-17-46-31-19-29(39(43)44)27(18-30(31)45-3)22(2)48-33(41)15-8-16-36-38-35/h4-7,10-13,18-19,21-22,28H,8-9,14-17,20H2,1-3H3,(H,37,40). The van der Waals surface area contributed by atoms with Crippen LogP contribution in [0.5, 0.6) is 11.5 Å². The zero-order chi connectivity index (χ0) is 34.6. The number of hydrogen-bond donors (Lipinski definition) is 1. The second kappa shape index (κ2) is 16.8. The third-order valence-corrected chi connectivity index (χ3v) is 7.85. The Hall–Kier alpha value is -5.62. The van der Waals surface area contributed by atoms with Crippen LogP contribution in [0.25, 0.3) is 21.6 Å². The van der Waals surface area contributed by atoms with Gasteiger partial charge in [-0.05, 0) is 60.5 Å². The predicted molar refractivity (Wildman–Crippen MR) is 174 cm³/mol. The Morgan fingerprint density at radius 1 is 1.00 bits per heavy atom. The zero-order valence-electron chi connectivity index (χ0n) is 26.9. The smallest absolute Gasteiger partial charge is 0.328 e. The first-order valence-corrected chi connectivity index (χ1v) is 15.5. The monoisotopic (exact) mass is 659 g/mol. The lowest BCUT2D eigenvalue weighted by atomic mass is 9.98. The molecule has 0 saturated carbocycles. The Morgan fingerprint density at radius 2 is 1.67 bits per heavy atom. The molecule has 1 amide bonds. The molecule has 14 heteroatoms. The van der Waals surface area contributed by atoms with Crippen molar-refractivity contribution in [2.45, 2.75) is 57.6 Å². The predicted octanol–water partition coefficient (Wildman–Crippen LogP) is 6.32. The zero-order valence-corrected chi connectivity index (χ0v) is 26.9. The number of carbonyl (C=O) groups is 3. The van der Waals surface area contributed by atoms with E-state index in [2.05, 4.69) is 27.5 Å². The van der Waals surface area contributed by atoms with E-state index in [0.29, 0.717) is 0 Å². The fraction of sp³-hybridized carbons (Fsp3) is 0.382. The number of carbonyl (C=O) groups excluding carboxylic acids is 3. The van der Waals surface area contributed by atoms with Crippen LogP contribution in [-0.4, -0.2) is 55.7 Å². The average Bonchev–Trinajstić information content (AvgIpc) is 3.40. The second-order valence-corrected chi connectivity index (χ2v) is 11.1. The second-order valence-electron chi connectivity index (χ2n) is 11.1. The number of nitro benzene ring substituents is 1. The number of esters is 2. The van der Waals surface area contributed by atoms with Gasteiger partial charge < -0.3 is 24.3 Å². The van der Waals surface area contributed by atoms with Gasteiger partial charge in [0.1, 0.15) is 18.8 Å². The van der Waals surface area contributed by atoms with Crippen LogP contribution in [-0.2, 0) is 23.9 Å². The van der Waals surface area contributed by atoms with Crippen LogP contribution < -0.4 is 14.8 Å². The largest absolute Gasteiger partial charge is 0.493 e. The lowest BCUT2D eigenvalue weighted by molar-refractivity contribution is -0.386. The van der Waals surface area contributed by atoms with E-state index in [-0.39, 0.29) is 80.0 Å². The molecule has 0 spiro atoms. The van der Waals surface area contributed by atoms with Crippen molar-refractivity contribution in [3.05, 3.63) is 97.9 Å². The maximum atomic E-state index is 12.8. The summed E-state index contributed by atoms with van der Waals surface area (Å²) in [6, 6.07) is 17.7. The van der Waals surface area contributed by atoms with Gasteiger partial charge in [0.15, 0.2) is 11.5 Å². The summed E-state index contributed by atoms with van der Waals surface area (Å²) < 4.78 is 22.0. The van der Waals surface area contributed by atoms with Crippen molar-refractivity contribution >= 4 is 23.5 Å². The number of amides is 1. The van der Waals surface area contributed by atoms with Crippen LogP contribution in [0, 0.1) is 10.1 Å². The van der Waals surface area contributed by atoms with Crippen molar-refractivity contribution in [1.82, 2.24) is 5.32 Å². The van der Waals surface area contributed by atoms with E-state index in [1.165, 1.54) is 26.2 Å². The van der Waals surface area contributed by atoms with Crippen molar-refractivity contribution in [3.8, 4) is 22.6 Å². The number of benzene rings is 3. The minimum Gasteiger partial charge on any atom is -0.493 e. The number of hydrogen-bond acceptors (Lipinski definition) is 10. The van der Waals surface area contributed by atoms with Crippen LogP contribution in [0.4, 0.5) is 5.69 Å². The summed E-state index contributed by atoms with van der Waals surface area (Å²) in [6.07, 6.45) is -0.446. The molecule has 1 aliphatic rings. The van der Waals surface area contributed by atoms with E-state index in [1.807, 2.05) is 36.4 Å². The van der Waals surface area contributed by atoms with Gasteiger partial charge >= 0.3 is 11.9 Å². The highest BCUT2D eigenvalue weighted by molar-refractivity contribution is 5.84. The van der Waals surface area contributed by atoms with Crippen LogP contribution in [0.3, 0.4) is 0 Å². The van der Waals surface area contributed by atoms with Crippen LogP contribution >= 0.6 is 0 Å². The molecule has 252 valence electrons. The van der Waals surface area contributed by atoms with Gasteiger partial charge in [0, 0.05) is 30.2 Å². The lowest BCUT2D eigenvalue weighted by Gasteiger charge is -2.18. The van der Waals surface area contributed by atoms with Gasteiger partial charge in [0.25, 0.3) is 5.69 Å². The third-order valence-electron chi connectivity index (χ3n) is 7.85. The summed E-state index contributed by atoms with van der Waals surface area (Å²) in [4.78, 5) is 51.3. The molecule has 0 saturated heterocycles. The molecule has 4 rings (SSSR count). The number of azide groups is 1.